The molecular weight excluding hydrogens is 1340 g/mol. The van der Waals surface area contributed by atoms with E-state index >= 15 is 0 Å². The minimum absolute atomic E-state index is 0.0495. The van der Waals surface area contributed by atoms with Crippen molar-refractivity contribution in [2.45, 2.75) is 297 Å². The van der Waals surface area contributed by atoms with E-state index in [0.717, 1.165) is 127 Å². The predicted molar refractivity (Wildman–Crippen MR) is 421 cm³/mol. The van der Waals surface area contributed by atoms with Crippen molar-refractivity contribution < 1.29 is 29.4 Å². The summed E-state index contributed by atoms with van der Waals surface area (Å²) >= 11 is 0. The maximum absolute atomic E-state index is 14.2. The molecule has 0 aliphatic heterocycles. The normalized spacial score (nSPS) is 34.8. The van der Waals surface area contributed by atoms with E-state index < -0.39 is 33.8 Å². The lowest BCUT2D eigenvalue weighted by Crippen LogP contribution is -2.65. The van der Waals surface area contributed by atoms with Crippen molar-refractivity contribution in [3.8, 4) is 0 Å². The molecule has 18 N–H and O–H groups in total. The van der Waals surface area contributed by atoms with Crippen LogP contribution < -0.4 is 87.2 Å². The molecule has 22 nitrogen and oxygen atoms in total. The topological polar surface area (TPSA) is 377 Å². The molecule has 8 fully saturated rings. The van der Waals surface area contributed by atoms with Gasteiger partial charge in [-0.1, -0.05) is 79.7 Å². The summed E-state index contributed by atoms with van der Waals surface area (Å²) in [5, 5.41) is 46.0. The summed E-state index contributed by atoms with van der Waals surface area (Å²) in [4.78, 5) is 106. The number of fused-ring (bicyclic) bond motifs is 10. The van der Waals surface area contributed by atoms with Gasteiger partial charge in [-0.15, -0.1) is 0 Å². The van der Waals surface area contributed by atoms with Crippen LogP contribution in [0.3, 0.4) is 0 Å². The third kappa shape index (κ3) is 16.6. The molecule has 2 unspecified atom stereocenters. The van der Waals surface area contributed by atoms with E-state index in [1.54, 1.807) is 0 Å². The second-order valence-electron chi connectivity index (χ2n) is 36.2. The van der Waals surface area contributed by atoms with Gasteiger partial charge in [0.15, 0.2) is 0 Å². The highest BCUT2D eigenvalue weighted by atomic mass is 16.3. The molecule has 0 radical (unpaired) electrons. The van der Waals surface area contributed by atoms with E-state index in [-0.39, 0.29) is 119 Å². The minimum atomic E-state index is -0.825. The van der Waals surface area contributed by atoms with Crippen LogP contribution in [0.15, 0.2) is 43.4 Å². The molecule has 24 atom stereocenters. The lowest BCUT2D eigenvalue weighted by molar-refractivity contribution is -0.143. The van der Waals surface area contributed by atoms with Crippen LogP contribution in [-0.2, 0) is 32.3 Å². The summed E-state index contributed by atoms with van der Waals surface area (Å²) in [6, 6.07) is 6.21. The SMILES string of the molecule is CCCNc1c(NCCCCC(NC(=O)CCC[C@@H](C)[C@H]2CC[C@H]3[C@@H]4[C@H](N)C[C@@H]5C[C@H](O)CC[C@]5(C)[C@H]4C[C@H](N)[C@]23C)C(=O)NCc2ccc(CNC(=O)C(CCCCNc3c(NCCC)c(=O)c3=O)NC(=O)CCC[C@@H](C)[C@H]3CC[C@H]4[C@@H]5[C@H](N)C[C@@H]6C[C@H](O)CC[C@]6(C)[C@H]5C[C@H](N)[C@]34C)cc2)c(=O)c1=O. The number of nitrogens with two attached hydrogens (primary N) is 4. The third-order valence-electron chi connectivity index (χ3n) is 30.2. The Morgan fingerprint density at radius 2 is 0.821 bits per heavy atom. The first-order chi connectivity index (χ1) is 50.6. The number of aliphatic hydroxyl groups excluding tert-OH is 2. The van der Waals surface area contributed by atoms with Gasteiger partial charge >= 0.3 is 0 Å². The molecule has 0 saturated heterocycles. The summed E-state index contributed by atoms with van der Waals surface area (Å²) in [6.45, 7) is 20.7. The van der Waals surface area contributed by atoms with Gasteiger partial charge in [0.25, 0.3) is 21.7 Å². The van der Waals surface area contributed by atoms with Crippen LogP contribution >= 0.6 is 0 Å². The maximum Gasteiger partial charge on any atom is 0.253 e. The lowest BCUT2D eigenvalue weighted by Gasteiger charge is -2.64. The first-order valence-corrected chi connectivity index (χ1v) is 41.8. The molecular formula is C84H134N12O10. The molecule has 106 heavy (non-hydrogen) atoms. The van der Waals surface area contributed by atoms with Crippen molar-refractivity contribution >= 4 is 46.4 Å². The standard InChI is InChI=1S/C84H134N12O10/c1-9-35-89-71-73(77(103)75(71)101)91-37-13-11-19-63(95-67(99)21-15-17-47(3)55-27-29-57-69-59(43-65(87)83(55,57)7)81(5)33-31-53(97)39-51(81)41-61(69)85)79(105)93-45-49-23-25-50(26-24-49)46-94-80(106)64(20-12-14-38-92-74-72(90-36-10-2)76(102)78(74)104)96-68(100)22-16-18-48(4)56-28-30-58-70-60(44-66(88)84(56,58)8)82(6)34-32-54(98)40-52(82)42-62(70)86/h23-26,47-48,51-66,69-70,89-92,97-98H,9-22,27-46,85-88H2,1-8H3,(H,93,105)(H,94,106)(H,95,99)(H,96,100)/t47-,48-,51+,52+,53-,54-,55-,56-,57+,58+,59+,60+,61-,62-,63?,64?,65+,66+,69+,70+,81+,82+,83-,84-/m1/s1. The van der Waals surface area contributed by atoms with Gasteiger partial charge in [0.05, 0.1) is 12.2 Å². The summed E-state index contributed by atoms with van der Waals surface area (Å²) in [5.74, 6) is 3.95. The molecule has 0 bridgehead atoms. The van der Waals surface area contributed by atoms with Crippen LogP contribution in [-0.4, -0.2) is 108 Å². The Morgan fingerprint density at radius 3 is 1.18 bits per heavy atom. The number of unbranched alkanes of at least 4 members (excludes halogenated alkanes) is 2. The van der Waals surface area contributed by atoms with Gasteiger partial charge in [-0.05, 0) is 271 Å². The Balaban J connectivity index is 0.672. The molecule has 8 aliphatic carbocycles. The number of rotatable bonds is 36. The molecule has 3 aromatic rings. The van der Waals surface area contributed by atoms with Crippen LogP contribution in [0.5, 0.6) is 0 Å². The lowest BCUT2D eigenvalue weighted by atomic mass is 9.42. The highest BCUT2D eigenvalue weighted by molar-refractivity contribution is 5.88. The Hall–Kier alpha value is -5.78. The highest BCUT2D eigenvalue weighted by Crippen LogP contribution is 2.70. The van der Waals surface area contributed by atoms with Gasteiger partial charge in [-0.25, -0.2) is 0 Å². The number of aliphatic hydroxyl groups is 2. The Kier molecular flexibility index (Phi) is 26.5. The van der Waals surface area contributed by atoms with Crippen LogP contribution in [0.25, 0.3) is 0 Å². The monoisotopic (exact) mass is 1470 g/mol. The van der Waals surface area contributed by atoms with E-state index in [9.17, 15) is 48.6 Å². The second kappa shape index (κ2) is 34.6. The summed E-state index contributed by atoms with van der Waals surface area (Å²) in [6.07, 6.45) is 21.4. The van der Waals surface area contributed by atoms with Crippen molar-refractivity contribution in [3.05, 3.63) is 76.3 Å². The first-order valence-electron chi connectivity index (χ1n) is 41.8. The maximum atomic E-state index is 14.2. The van der Waals surface area contributed by atoms with E-state index in [1.807, 2.05) is 38.1 Å². The van der Waals surface area contributed by atoms with Gasteiger partial charge in [0, 0.05) is 76.3 Å². The summed E-state index contributed by atoms with van der Waals surface area (Å²) < 4.78 is 0. The van der Waals surface area contributed by atoms with E-state index in [4.69, 9.17) is 22.9 Å². The molecule has 0 heterocycles. The molecule has 8 saturated carbocycles. The fourth-order valence-electron chi connectivity index (χ4n) is 24.0. The average Bonchev–Trinajstić information content (AvgIpc) is 1.39. The van der Waals surface area contributed by atoms with E-state index in [1.165, 1.54) is 0 Å². The number of nitrogens with one attached hydrogen (secondary N) is 8. The van der Waals surface area contributed by atoms with Crippen molar-refractivity contribution in [2.75, 3.05) is 47.4 Å². The number of benzene rings is 1. The molecule has 8 aliphatic rings. The van der Waals surface area contributed by atoms with Crippen LogP contribution in [0.4, 0.5) is 22.7 Å². The Morgan fingerprint density at radius 1 is 0.462 bits per heavy atom. The highest BCUT2D eigenvalue weighted by Gasteiger charge is 2.67. The second-order valence-corrected chi connectivity index (χ2v) is 36.2. The molecule has 3 aromatic carbocycles. The zero-order valence-electron chi connectivity index (χ0n) is 65.4. The van der Waals surface area contributed by atoms with Gasteiger partial charge in [-0.3, -0.25) is 38.4 Å². The summed E-state index contributed by atoms with van der Waals surface area (Å²) in [5.41, 5.74) is 29.9. The van der Waals surface area contributed by atoms with Crippen molar-refractivity contribution in [2.24, 2.45) is 116 Å². The first kappa shape index (κ1) is 81.2. The largest absolute Gasteiger partial charge is 0.393 e. The Labute approximate surface area is 630 Å². The number of carbonyl (C=O) groups is 4. The van der Waals surface area contributed by atoms with E-state index in [0.29, 0.717) is 160 Å². The molecule has 11 rings (SSSR count). The average molecular weight is 1470 g/mol. The molecule has 22 heteroatoms. The fourth-order valence-corrected chi connectivity index (χ4v) is 24.0. The number of amides is 4. The van der Waals surface area contributed by atoms with E-state index in [2.05, 4.69) is 84.1 Å². The van der Waals surface area contributed by atoms with Crippen molar-refractivity contribution in [1.29, 1.82) is 0 Å². The quantitative estimate of drug-likeness (QED) is 0.0191. The molecule has 0 aromatic heterocycles. The molecule has 590 valence electrons. The Bertz CT molecular complexity index is 3420. The molecule has 4 amide bonds. The van der Waals surface area contributed by atoms with Gasteiger partial charge in [0.1, 0.15) is 34.8 Å². The number of carbonyl (C=O) groups excluding carboxylic acids is 4. The van der Waals surface area contributed by atoms with Crippen LogP contribution in [0.2, 0.25) is 0 Å². The van der Waals surface area contributed by atoms with Gasteiger partial charge < -0.3 is 75.7 Å². The zero-order valence-corrected chi connectivity index (χ0v) is 65.4. The number of hydrogen-bond donors (Lipinski definition) is 14. The smallest absolute Gasteiger partial charge is 0.253 e. The molecule has 0 spiro atoms. The third-order valence-corrected chi connectivity index (χ3v) is 30.2. The number of anilines is 4. The predicted octanol–water partition coefficient (Wildman–Crippen LogP) is 8.69. The van der Waals surface area contributed by atoms with Gasteiger partial charge in [0.2, 0.25) is 23.6 Å². The zero-order chi connectivity index (χ0) is 76.2. The minimum Gasteiger partial charge on any atom is -0.393 e. The fraction of sp³-hybridized carbons (Fsp3) is 0.786. The van der Waals surface area contributed by atoms with Crippen LogP contribution in [0, 0.1) is 92.7 Å². The summed E-state index contributed by atoms with van der Waals surface area (Å²) in [7, 11) is 0. The van der Waals surface area contributed by atoms with Crippen molar-refractivity contribution in [1.82, 2.24) is 21.3 Å². The number of hydrogen-bond acceptors (Lipinski definition) is 18. The van der Waals surface area contributed by atoms with Crippen LogP contribution in [0.1, 0.15) is 246 Å². The van der Waals surface area contributed by atoms with Crippen molar-refractivity contribution in [3.63, 3.8) is 0 Å². The van der Waals surface area contributed by atoms with Gasteiger partial charge in [-0.2, -0.15) is 0 Å².